The Labute approximate surface area is 156 Å². The fraction of sp³-hybridized carbons (Fsp3) is 0.588. The largest absolute Gasteiger partial charge is 0.356 e. The highest BCUT2D eigenvalue weighted by Crippen LogP contribution is 2.06. The second-order valence-corrected chi connectivity index (χ2v) is 5.70. The predicted octanol–water partition coefficient (Wildman–Crippen LogP) is 2.64. The minimum atomic E-state index is -0.188. The van der Waals surface area contributed by atoms with E-state index in [0.717, 1.165) is 37.5 Å². The number of hydrogen-bond donors (Lipinski definition) is 2. The average molecular weight is 434 g/mol. The summed E-state index contributed by atoms with van der Waals surface area (Å²) in [5.74, 6) is 0.649. The second kappa shape index (κ2) is 11.6. The van der Waals surface area contributed by atoms with Crippen molar-refractivity contribution in [3.8, 4) is 0 Å². The van der Waals surface area contributed by atoms with Gasteiger partial charge in [0.2, 0.25) is 0 Å². The summed E-state index contributed by atoms with van der Waals surface area (Å²) in [6, 6.07) is 6.65. The number of aliphatic imine (C=N–C) groups is 1. The molecule has 23 heavy (non-hydrogen) atoms. The van der Waals surface area contributed by atoms with E-state index in [-0.39, 0.29) is 29.8 Å². The number of likely N-dealkylation sites (tertiary alicyclic amines) is 1. The first kappa shape index (κ1) is 20.2. The maximum absolute atomic E-state index is 12.8. The highest BCUT2D eigenvalue weighted by Gasteiger charge is 2.10. The molecule has 1 aromatic carbocycles. The van der Waals surface area contributed by atoms with Crippen LogP contribution in [0.15, 0.2) is 29.3 Å². The molecule has 4 nitrogen and oxygen atoms in total. The Kier molecular flexibility index (Phi) is 10.2. The lowest BCUT2D eigenvalue weighted by Crippen LogP contribution is -2.39. The zero-order valence-electron chi connectivity index (χ0n) is 13.9. The number of benzene rings is 1. The molecule has 1 fully saturated rings. The van der Waals surface area contributed by atoms with Crippen LogP contribution in [0.1, 0.15) is 24.8 Å². The molecule has 1 aliphatic rings. The second-order valence-electron chi connectivity index (χ2n) is 5.70. The summed E-state index contributed by atoms with van der Waals surface area (Å²) in [4.78, 5) is 6.74. The van der Waals surface area contributed by atoms with Crippen molar-refractivity contribution >= 4 is 29.9 Å². The summed E-state index contributed by atoms with van der Waals surface area (Å²) in [7, 11) is 1.79. The SMILES string of the molecule is CN=C(NCCCN1CCCC1)NCCc1ccc(F)cc1.I. The molecule has 130 valence electrons. The van der Waals surface area contributed by atoms with Crippen LogP contribution in [0.5, 0.6) is 0 Å². The molecule has 2 rings (SSSR count). The van der Waals surface area contributed by atoms with E-state index in [1.54, 1.807) is 7.05 Å². The first-order valence-corrected chi connectivity index (χ1v) is 8.19. The molecule has 1 aliphatic heterocycles. The van der Waals surface area contributed by atoms with Gasteiger partial charge in [0.1, 0.15) is 5.82 Å². The molecule has 0 spiro atoms. The van der Waals surface area contributed by atoms with Gasteiger partial charge < -0.3 is 15.5 Å². The Morgan fingerprint density at radius 1 is 1.13 bits per heavy atom. The minimum Gasteiger partial charge on any atom is -0.356 e. The number of guanidine groups is 1. The molecular formula is C17H28FIN4. The Balaban J connectivity index is 0.00000264. The Morgan fingerprint density at radius 2 is 1.78 bits per heavy atom. The van der Waals surface area contributed by atoms with Crippen LogP contribution < -0.4 is 10.6 Å². The third kappa shape index (κ3) is 7.97. The first-order valence-electron chi connectivity index (χ1n) is 8.19. The molecule has 0 atom stereocenters. The first-order chi connectivity index (χ1) is 10.8. The molecule has 6 heteroatoms. The van der Waals surface area contributed by atoms with Gasteiger partial charge in [0, 0.05) is 20.1 Å². The summed E-state index contributed by atoms with van der Waals surface area (Å²) in [5.41, 5.74) is 1.12. The summed E-state index contributed by atoms with van der Waals surface area (Å²) in [6.45, 7) is 5.40. The van der Waals surface area contributed by atoms with Crippen LogP contribution in [0.25, 0.3) is 0 Å². The number of halogens is 2. The van der Waals surface area contributed by atoms with Crippen LogP contribution in [0, 0.1) is 5.82 Å². The summed E-state index contributed by atoms with van der Waals surface area (Å²) in [6.07, 6.45) is 4.69. The molecule has 1 aromatic rings. The molecule has 0 aliphatic carbocycles. The fourth-order valence-electron chi connectivity index (χ4n) is 2.71. The Hall–Kier alpha value is -0.890. The van der Waals surface area contributed by atoms with Crippen molar-refractivity contribution in [2.24, 2.45) is 4.99 Å². The zero-order valence-corrected chi connectivity index (χ0v) is 16.2. The summed E-state index contributed by atoms with van der Waals surface area (Å²) < 4.78 is 12.8. The lowest BCUT2D eigenvalue weighted by Gasteiger charge is -2.16. The lowest BCUT2D eigenvalue weighted by atomic mass is 10.1. The van der Waals surface area contributed by atoms with Crippen molar-refractivity contribution in [1.82, 2.24) is 15.5 Å². The van der Waals surface area contributed by atoms with Crippen molar-refractivity contribution in [3.05, 3.63) is 35.6 Å². The minimum absolute atomic E-state index is 0. The number of hydrogen-bond acceptors (Lipinski definition) is 2. The highest BCUT2D eigenvalue weighted by molar-refractivity contribution is 14.0. The van der Waals surface area contributed by atoms with Crippen molar-refractivity contribution < 1.29 is 4.39 Å². The van der Waals surface area contributed by atoms with E-state index in [4.69, 9.17) is 0 Å². The molecule has 1 heterocycles. The van der Waals surface area contributed by atoms with Gasteiger partial charge in [0.15, 0.2) is 5.96 Å². The maximum Gasteiger partial charge on any atom is 0.190 e. The van der Waals surface area contributed by atoms with Crippen LogP contribution in [0.3, 0.4) is 0 Å². The molecule has 0 aromatic heterocycles. The highest BCUT2D eigenvalue weighted by atomic mass is 127. The molecule has 2 N–H and O–H groups in total. The summed E-state index contributed by atoms with van der Waals surface area (Å²) in [5, 5.41) is 6.63. The normalized spacial score (nSPS) is 15.3. The van der Waals surface area contributed by atoms with Gasteiger partial charge in [-0.3, -0.25) is 4.99 Å². The molecule has 1 saturated heterocycles. The van der Waals surface area contributed by atoms with Gasteiger partial charge in [-0.25, -0.2) is 4.39 Å². The van der Waals surface area contributed by atoms with Gasteiger partial charge in [-0.2, -0.15) is 0 Å². The lowest BCUT2D eigenvalue weighted by molar-refractivity contribution is 0.334. The summed E-state index contributed by atoms with van der Waals surface area (Å²) >= 11 is 0. The van der Waals surface area contributed by atoms with Crippen LogP contribution in [0.2, 0.25) is 0 Å². The standard InChI is InChI=1S/C17H27FN4.HI/c1-19-17(20-10-4-14-22-12-2-3-13-22)21-11-9-15-5-7-16(18)8-6-15;/h5-8H,2-4,9-14H2,1H3,(H2,19,20,21);1H. The van der Waals surface area contributed by atoms with Crippen LogP contribution in [-0.2, 0) is 6.42 Å². The van der Waals surface area contributed by atoms with E-state index in [2.05, 4.69) is 20.5 Å². The van der Waals surface area contributed by atoms with Crippen molar-refractivity contribution in [3.63, 3.8) is 0 Å². The van der Waals surface area contributed by atoms with E-state index in [0.29, 0.717) is 0 Å². The quantitative estimate of drug-likeness (QED) is 0.300. The van der Waals surface area contributed by atoms with Gasteiger partial charge in [0.25, 0.3) is 0 Å². The maximum atomic E-state index is 12.8. The number of nitrogens with one attached hydrogen (secondary N) is 2. The Morgan fingerprint density at radius 3 is 2.43 bits per heavy atom. The van der Waals surface area contributed by atoms with Gasteiger partial charge >= 0.3 is 0 Å². The topological polar surface area (TPSA) is 39.7 Å². The molecule has 0 radical (unpaired) electrons. The third-order valence-corrected chi connectivity index (χ3v) is 3.99. The van der Waals surface area contributed by atoms with Gasteiger partial charge in [-0.1, -0.05) is 12.1 Å². The van der Waals surface area contributed by atoms with Crippen LogP contribution in [0.4, 0.5) is 4.39 Å². The molecule has 0 amide bonds. The van der Waals surface area contributed by atoms with Crippen molar-refractivity contribution in [2.75, 3.05) is 39.8 Å². The van der Waals surface area contributed by atoms with Gasteiger partial charge in [-0.05, 0) is 63.0 Å². The monoisotopic (exact) mass is 434 g/mol. The van der Waals surface area contributed by atoms with Crippen molar-refractivity contribution in [1.29, 1.82) is 0 Å². The zero-order chi connectivity index (χ0) is 15.6. The third-order valence-electron chi connectivity index (χ3n) is 3.99. The van der Waals surface area contributed by atoms with E-state index in [1.807, 2.05) is 12.1 Å². The van der Waals surface area contributed by atoms with Crippen molar-refractivity contribution in [2.45, 2.75) is 25.7 Å². The van der Waals surface area contributed by atoms with E-state index in [9.17, 15) is 4.39 Å². The van der Waals surface area contributed by atoms with E-state index in [1.165, 1.54) is 44.6 Å². The van der Waals surface area contributed by atoms with Gasteiger partial charge in [0.05, 0.1) is 0 Å². The molecule has 0 saturated carbocycles. The Bertz CT molecular complexity index is 458. The van der Waals surface area contributed by atoms with E-state index < -0.39 is 0 Å². The molecule has 0 unspecified atom stereocenters. The van der Waals surface area contributed by atoms with E-state index >= 15 is 0 Å². The smallest absolute Gasteiger partial charge is 0.190 e. The van der Waals surface area contributed by atoms with Gasteiger partial charge in [-0.15, -0.1) is 24.0 Å². The number of nitrogens with zero attached hydrogens (tertiary/aromatic N) is 2. The predicted molar refractivity (Wildman–Crippen MR) is 105 cm³/mol. The fourth-order valence-corrected chi connectivity index (χ4v) is 2.71. The van der Waals surface area contributed by atoms with Crippen LogP contribution >= 0.6 is 24.0 Å². The number of rotatable bonds is 7. The molecular weight excluding hydrogens is 406 g/mol. The van der Waals surface area contributed by atoms with Crippen LogP contribution in [-0.4, -0.2) is 50.6 Å². The molecule has 0 bridgehead atoms. The average Bonchev–Trinajstić information content (AvgIpc) is 3.05.